The highest BCUT2D eigenvalue weighted by Crippen LogP contribution is 2.51. The summed E-state index contributed by atoms with van der Waals surface area (Å²) >= 11 is 0. The molecule has 6 fully saturated rings. The van der Waals surface area contributed by atoms with Crippen molar-refractivity contribution in [2.45, 2.75) is 111 Å². The van der Waals surface area contributed by atoms with Gasteiger partial charge in [0.25, 0.3) is 0 Å². The molecule has 0 spiro atoms. The Morgan fingerprint density at radius 3 is 0.894 bits per heavy atom. The lowest BCUT2D eigenvalue weighted by Gasteiger charge is -2.58. The largest absolute Gasteiger partial charge is 0.482 e. The topological polar surface area (TPSA) is 148 Å². The molecular formula is C18H54O16Si13. The molecule has 8 bridgehead atoms. The van der Waals surface area contributed by atoms with Crippen molar-refractivity contribution in [3.05, 3.63) is 0 Å². The standard InChI is InChI=1S/C18H54O16Si13/c1-19-38(9)23-40(11)27-44(15)31-42(13)25-39(10,22-37(7,8)21-36(5,6)20-35(2,3)4)26-43(14)33-46(44,17)29-41(12,24-38)30-47(18,34-43)45(16,28-40)32-42/h1-18H3. The predicted molar refractivity (Wildman–Crippen MR) is 198 cm³/mol. The molecule has 0 aromatic rings. The summed E-state index contributed by atoms with van der Waals surface area (Å²) in [6, 6.07) is 0. The molecule has 0 N–H and O–H groups in total. The van der Waals surface area contributed by atoms with Crippen molar-refractivity contribution in [3.63, 3.8) is 0 Å². The molecule has 6 saturated heterocycles. The fraction of sp³-hybridized carbons (Fsp3) is 1.00. The van der Waals surface area contributed by atoms with E-state index < -0.39 is 111 Å². The first-order chi connectivity index (χ1) is 20.7. The van der Waals surface area contributed by atoms with Crippen molar-refractivity contribution >= 4 is 111 Å². The van der Waals surface area contributed by atoms with Gasteiger partial charge in [0.05, 0.1) is 0 Å². The lowest BCUT2D eigenvalue weighted by molar-refractivity contribution is 0.109. The fourth-order valence-corrected chi connectivity index (χ4v) is 100. The number of rotatable bonds is 7. The van der Waals surface area contributed by atoms with E-state index in [1.807, 2.05) is 85.1 Å². The maximum absolute atomic E-state index is 7.23. The van der Waals surface area contributed by atoms with Gasteiger partial charge in [0.1, 0.15) is 0 Å². The molecule has 0 amide bonds. The summed E-state index contributed by atoms with van der Waals surface area (Å²) in [5, 5.41) is 0. The molecule has 0 aromatic heterocycles. The van der Waals surface area contributed by atoms with Crippen LogP contribution >= 0.6 is 0 Å². The van der Waals surface area contributed by atoms with Crippen molar-refractivity contribution in [1.82, 2.24) is 0 Å². The lowest BCUT2D eigenvalue weighted by Crippen LogP contribution is -2.87. The highest BCUT2D eigenvalue weighted by molar-refractivity contribution is 7.41. The number of hydrogen-bond donors (Lipinski definition) is 0. The van der Waals surface area contributed by atoms with Gasteiger partial charge in [0.15, 0.2) is 8.32 Å². The highest BCUT2D eigenvalue weighted by atomic mass is 29.3. The van der Waals surface area contributed by atoms with Crippen LogP contribution in [0.5, 0.6) is 0 Å². The highest BCUT2D eigenvalue weighted by Gasteiger charge is 2.83. The van der Waals surface area contributed by atoms with Crippen LogP contribution < -0.4 is 0 Å². The van der Waals surface area contributed by atoms with Gasteiger partial charge in [0.2, 0.25) is 0 Å². The summed E-state index contributed by atoms with van der Waals surface area (Å²) in [5.74, 6) is 0. The summed E-state index contributed by atoms with van der Waals surface area (Å²) < 4.78 is 111. The first kappa shape index (κ1) is 40.4. The van der Waals surface area contributed by atoms with Crippen molar-refractivity contribution in [3.8, 4) is 0 Å². The van der Waals surface area contributed by atoms with Crippen LogP contribution in [0.3, 0.4) is 0 Å². The molecule has 6 heterocycles. The van der Waals surface area contributed by atoms with Crippen LogP contribution in [0.2, 0.25) is 111 Å². The molecule has 4 atom stereocenters. The van der Waals surface area contributed by atoms with E-state index in [4.69, 9.17) is 66.2 Å². The Bertz CT molecular complexity index is 1170. The van der Waals surface area contributed by atoms with Crippen LogP contribution in [0, 0.1) is 0 Å². The Kier molecular flexibility index (Phi) is 9.96. The van der Waals surface area contributed by atoms with E-state index in [9.17, 15) is 0 Å². The van der Waals surface area contributed by atoms with Crippen LogP contribution in [-0.2, 0) is 66.2 Å². The summed E-state index contributed by atoms with van der Waals surface area (Å²) in [6.07, 6.45) is 0. The molecule has 0 radical (unpaired) electrons. The Hall–Kier alpha value is 2.18. The van der Waals surface area contributed by atoms with Crippen LogP contribution in [0.4, 0.5) is 0 Å². The Labute approximate surface area is 293 Å². The molecule has 0 aliphatic carbocycles. The first-order valence-corrected chi connectivity index (χ1v) is 49.4. The average molecular weight is 892 g/mol. The fourth-order valence-electron chi connectivity index (χ4n) is 7.24. The van der Waals surface area contributed by atoms with Gasteiger partial charge < -0.3 is 66.2 Å². The van der Waals surface area contributed by atoms with Crippen LogP contribution in [-0.4, -0.2) is 118 Å². The molecule has 6 aliphatic rings. The summed E-state index contributed by atoms with van der Waals surface area (Å²) in [5.41, 5.74) is 0. The van der Waals surface area contributed by atoms with Gasteiger partial charge in [0, 0.05) is 46.4 Å². The molecule has 0 saturated carbocycles. The third-order valence-corrected chi connectivity index (χ3v) is 77.3. The van der Waals surface area contributed by atoms with Gasteiger partial charge in [-0.25, -0.2) is 0 Å². The molecule has 4 unspecified atom stereocenters. The Morgan fingerprint density at radius 2 is 0.638 bits per heavy atom. The lowest BCUT2D eigenvalue weighted by atomic mass is 11.8. The molecule has 6 aliphatic heterocycles. The molecule has 29 heteroatoms. The van der Waals surface area contributed by atoms with E-state index in [1.165, 1.54) is 0 Å². The summed E-state index contributed by atoms with van der Waals surface area (Å²) in [6.45, 7) is 33.0. The molecular weight excluding hydrogens is 837 g/mol. The minimum atomic E-state index is -3.82. The van der Waals surface area contributed by atoms with E-state index in [-0.39, 0.29) is 0 Å². The van der Waals surface area contributed by atoms with Gasteiger partial charge in [-0.3, -0.25) is 0 Å². The van der Waals surface area contributed by atoms with Crippen LogP contribution in [0.1, 0.15) is 0 Å². The van der Waals surface area contributed by atoms with E-state index in [2.05, 4.69) is 19.6 Å². The smallest absolute Gasteiger partial charge is 0.437 e. The second kappa shape index (κ2) is 11.6. The van der Waals surface area contributed by atoms with Crippen molar-refractivity contribution in [2.24, 2.45) is 0 Å². The van der Waals surface area contributed by atoms with E-state index in [1.54, 1.807) is 13.7 Å². The second-order valence-corrected chi connectivity index (χ2v) is 66.9. The van der Waals surface area contributed by atoms with Crippen LogP contribution in [0.15, 0.2) is 0 Å². The van der Waals surface area contributed by atoms with E-state index >= 15 is 0 Å². The van der Waals surface area contributed by atoms with E-state index in [0.717, 1.165) is 0 Å². The van der Waals surface area contributed by atoms with Gasteiger partial charge in [-0.2, -0.15) is 0 Å². The van der Waals surface area contributed by atoms with Gasteiger partial charge in [-0.1, -0.05) is 0 Å². The number of fused-ring (bicyclic) bond motifs is 4. The number of hydrogen-bond acceptors (Lipinski definition) is 16. The molecule has 47 heavy (non-hydrogen) atoms. The second-order valence-electron chi connectivity index (χ2n) is 15.6. The van der Waals surface area contributed by atoms with Gasteiger partial charge in [-0.05, 0) is 72.0 Å². The minimum Gasteiger partial charge on any atom is -0.437 e. The first-order valence-electron chi connectivity index (χ1n) is 15.7. The van der Waals surface area contributed by atoms with Gasteiger partial charge in [-0.15, -0.1) is 0 Å². The molecule has 0 aromatic carbocycles. The quantitative estimate of drug-likeness (QED) is 0.339. The van der Waals surface area contributed by atoms with Crippen LogP contribution in [0.25, 0.3) is 0 Å². The van der Waals surface area contributed by atoms with Gasteiger partial charge >= 0.3 is 102 Å². The maximum atomic E-state index is 7.23. The van der Waals surface area contributed by atoms with E-state index in [0.29, 0.717) is 0 Å². The SMILES string of the molecule is CO[Si]1(C)O[Si]2(C)O[Si]3(C)O[Si]4(C)O[Si](C)(O[Si](C)(C)O[Si](C)(C)O[Si](C)(C)C)O[Si]5(C)O[Si]3(C)O[Si](C)(O1)O[Si](C)(O5)[Si](C)(O2)O4. The molecule has 274 valence electrons. The van der Waals surface area contributed by atoms with Crippen molar-refractivity contribution in [1.29, 1.82) is 0 Å². The summed E-state index contributed by atoms with van der Waals surface area (Å²) in [4.78, 5) is 0. The average Bonchev–Trinajstić information content (AvgIpc) is 2.74. The minimum absolute atomic E-state index is 1.54. The third kappa shape index (κ3) is 8.02. The monoisotopic (exact) mass is 890 g/mol. The summed E-state index contributed by atoms with van der Waals surface area (Å²) in [7, 11) is -43.1. The Balaban J connectivity index is 1.69. The molecule has 16 nitrogen and oxygen atoms in total. The van der Waals surface area contributed by atoms with Crippen molar-refractivity contribution < 1.29 is 66.2 Å². The zero-order chi connectivity index (χ0) is 35.8. The Morgan fingerprint density at radius 1 is 0.362 bits per heavy atom. The maximum Gasteiger partial charge on any atom is 0.482 e. The zero-order valence-electron chi connectivity index (χ0n) is 31.0. The van der Waals surface area contributed by atoms with Crippen molar-refractivity contribution in [2.75, 3.05) is 7.11 Å². The predicted octanol–water partition coefficient (Wildman–Crippen LogP) is 4.05. The normalized spacial score (nSPS) is 52.2. The third-order valence-electron chi connectivity index (χ3n) is 8.02. The zero-order valence-corrected chi connectivity index (χ0v) is 44.0. The molecule has 6 rings (SSSR count).